The molecule has 1 aliphatic rings. The maximum atomic E-state index is 5.58. The number of anilines is 3. The number of aromatic nitrogens is 2. The Kier molecular flexibility index (Phi) is 4.09. The molecule has 1 aliphatic heterocycles. The molecule has 2 heterocycles. The van der Waals surface area contributed by atoms with E-state index < -0.39 is 0 Å². The number of fused-ring (bicyclic) bond motifs is 1. The highest BCUT2D eigenvalue weighted by Crippen LogP contribution is 2.33. The molecule has 0 amide bonds. The number of benzene rings is 1. The van der Waals surface area contributed by atoms with Crippen LogP contribution in [-0.2, 0) is 0 Å². The molecule has 0 saturated heterocycles. The van der Waals surface area contributed by atoms with E-state index in [2.05, 4.69) is 27.2 Å². The van der Waals surface area contributed by atoms with Gasteiger partial charge >= 0.3 is 0 Å². The van der Waals surface area contributed by atoms with E-state index in [1.807, 2.05) is 31.2 Å². The standard InChI is InChI=1S/C16H18N4O2/c1-3-6-17-15-10-16(19-11(2)18-15)20-12-4-5-13-14(9-12)22-8-7-21-13/h3-5,9-10H,1,6-8H2,2H3,(H2,17,18,19,20). The number of nitrogens with zero attached hydrogens (tertiary/aromatic N) is 2. The Balaban J connectivity index is 1.80. The van der Waals surface area contributed by atoms with Crippen molar-refractivity contribution in [3.05, 3.63) is 42.7 Å². The van der Waals surface area contributed by atoms with Gasteiger partial charge in [-0.3, -0.25) is 0 Å². The summed E-state index contributed by atoms with van der Waals surface area (Å²) in [5.41, 5.74) is 0.886. The summed E-state index contributed by atoms with van der Waals surface area (Å²) in [4.78, 5) is 8.72. The van der Waals surface area contributed by atoms with E-state index in [4.69, 9.17) is 9.47 Å². The van der Waals surface area contributed by atoms with Gasteiger partial charge in [-0.05, 0) is 19.1 Å². The van der Waals surface area contributed by atoms with Gasteiger partial charge in [0.2, 0.25) is 0 Å². The maximum Gasteiger partial charge on any atom is 0.163 e. The van der Waals surface area contributed by atoms with Crippen molar-refractivity contribution in [3.63, 3.8) is 0 Å². The van der Waals surface area contributed by atoms with Gasteiger partial charge in [-0.25, -0.2) is 9.97 Å². The summed E-state index contributed by atoms with van der Waals surface area (Å²) in [5.74, 6) is 3.67. The van der Waals surface area contributed by atoms with Crippen LogP contribution in [0.15, 0.2) is 36.9 Å². The topological polar surface area (TPSA) is 68.3 Å². The zero-order valence-electron chi connectivity index (χ0n) is 12.4. The highest BCUT2D eigenvalue weighted by molar-refractivity contribution is 5.63. The summed E-state index contributed by atoms with van der Waals surface area (Å²) >= 11 is 0. The van der Waals surface area contributed by atoms with Crippen molar-refractivity contribution in [2.24, 2.45) is 0 Å². The predicted octanol–water partition coefficient (Wildman–Crippen LogP) is 2.90. The van der Waals surface area contributed by atoms with E-state index in [0.29, 0.717) is 25.6 Å². The van der Waals surface area contributed by atoms with Gasteiger partial charge in [0.1, 0.15) is 30.7 Å². The van der Waals surface area contributed by atoms with Crippen LogP contribution < -0.4 is 20.1 Å². The Morgan fingerprint density at radius 1 is 1.14 bits per heavy atom. The van der Waals surface area contributed by atoms with Crippen LogP contribution in [0, 0.1) is 6.92 Å². The molecule has 1 aromatic carbocycles. The number of hydrogen-bond acceptors (Lipinski definition) is 6. The van der Waals surface area contributed by atoms with Crippen molar-refractivity contribution in [1.29, 1.82) is 0 Å². The number of aryl methyl sites for hydroxylation is 1. The van der Waals surface area contributed by atoms with Crippen LogP contribution in [0.3, 0.4) is 0 Å². The molecule has 3 rings (SSSR count). The number of ether oxygens (including phenoxy) is 2. The fourth-order valence-electron chi connectivity index (χ4n) is 2.17. The second-order valence-corrected chi connectivity index (χ2v) is 4.84. The lowest BCUT2D eigenvalue weighted by Crippen LogP contribution is -2.15. The predicted molar refractivity (Wildman–Crippen MR) is 86.2 cm³/mol. The zero-order chi connectivity index (χ0) is 15.4. The quantitative estimate of drug-likeness (QED) is 0.827. The third-order valence-electron chi connectivity index (χ3n) is 3.08. The fraction of sp³-hybridized carbons (Fsp3) is 0.250. The Morgan fingerprint density at radius 3 is 2.73 bits per heavy atom. The molecule has 0 unspecified atom stereocenters. The number of nitrogens with one attached hydrogen (secondary N) is 2. The fourth-order valence-corrected chi connectivity index (χ4v) is 2.17. The summed E-state index contributed by atoms with van der Waals surface area (Å²) in [6.45, 7) is 7.34. The van der Waals surface area contributed by atoms with Crippen LogP contribution >= 0.6 is 0 Å². The first kappa shape index (κ1) is 14.2. The lowest BCUT2D eigenvalue weighted by Gasteiger charge is -2.19. The Hall–Kier alpha value is -2.76. The summed E-state index contributed by atoms with van der Waals surface area (Å²) < 4.78 is 11.1. The third kappa shape index (κ3) is 3.28. The lowest BCUT2D eigenvalue weighted by molar-refractivity contribution is 0.171. The van der Waals surface area contributed by atoms with Gasteiger partial charge in [0.15, 0.2) is 11.5 Å². The minimum absolute atomic E-state index is 0.568. The molecule has 0 radical (unpaired) electrons. The van der Waals surface area contributed by atoms with Crippen LogP contribution in [0.5, 0.6) is 11.5 Å². The molecule has 0 spiro atoms. The van der Waals surface area contributed by atoms with E-state index in [-0.39, 0.29) is 0 Å². The average Bonchev–Trinajstić information content (AvgIpc) is 2.52. The van der Waals surface area contributed by atoms with Crippen molar-refractivity contribution in [2.75, 3.05) is 30.4 Å². The highest BCUT2D eigenvalue weighted by Gasteiger charge is 2.12. The molecule has 0 saturated carbocycles. The zero-order valence-corrected chi connectivity index (χ0v) is 12.4. The first-order chi connectivity index (χ1) is 10.7. The average molecular weight is 298 g/mol. The van der Waals surface area contributed by atoms with E-state index >= 15 is 0 Å². The van der Waals surface area contributed by atoms with Crippen LogP contribution in [-0.4, -0.2) is 29.7 Å². The summed E-state index contributed by atoms with van der Waals surface area (Å²) in [7, 11) is 0. The second-order valence-electron chi connectivity index (χ2n) is 4.84. The molecule has 2 aromatic rings. The Morgan fingerprint density at radius 2 is 1.91 bits per heavy atom. The van der Waals surface area contributed by atoms with Crippen LogP contribution in [0.25, 0.3) is 0 Å². The molecule has 0 aliphatic carbocycles. The van der Waals surface area contributed by atoms with Gasteiger partial charge in [-0.2, -0.15) is 0 Å². The number of hydrogen-bond donors (Lipinski definition) is 2. The SMILES string of the molecule is C=CCNc1cc(Nc2ccc3c(c2)OCCO3)nc(C)n1. The molecular weight excluding hydrogens is 280 g/mol. The molecule has 0 fully saturated rings. The summed E-state index contributed by atoms with van der Waals surface area (Å²) in [6.07, 6.45) is 1.78. The summed E-state index contributed by atoms with van der Waals surface area (Å²) in [5, 5.41) is 6.42. The first-order valence-corrected chi connectivity index (χ1v) is 7.12. The molecule has 2 N–H and O–H groups in total. The van der Waals surface area contributed by atoms with Crippen molar-refractivity contribution in [2.45, 2.75) is 6.92 Å². The van der Waals surface area contributed by atoms with Crippen LogP contribution in [0.2, 0.25) is 0 Å². The smallest absolute Gasteiger partial charge is 0.163 e. The monoisotopic (exact) mass is 298 g/mol. The van der Waals surface area contributed by atoms with Crippen LogP contribution in [0.1, 0.15) is 5.82 Å². The van der Waals surface area contributed by atoms with Crippen molar-refractivity contribution < 1.29 is 9.47 Å². The normalized spacial score (nSPS) is 12.6. The van der Waals surface area contributed by atoms with Crippen molar-refractivity contribution in [1.82, 2.24) is 9.97 Å². The minimum atomic E-state index is 0.568. The Bertz CT molecular complexity index is 688. The molecule has 6 heteroatoms. The molecule has 0 bridgehead atoms. The second kappa shape index (κ2) is 6.34. The van der Waals surface area contributed by atoms with Gasteiger partial charge in [0.25, 0.3) is 0 Å². The largest absolute Gasteiger partial charge is 0.486 e. The lowest BCUT2D eigenvalue weighted by atomic mass is 10.2. The molecule has 22 heavy (non-hydrogen) atoms. The van der Waals surface area contributed by atoms with Gasteiger partial charge in [0.05, 0.1) is 0 Å². The van der Waals surface area contributed by atoms with Gasteiger partial charge < -0.3 is 20.1 Å². The summed E-state index contributed by atoms with van der Waals surface area (Å²) in [6, 6.07) is 7.58. The molecule has 1 aromatic heterocycles. The molecule has 6 nitrogen and oxygen atoms in total. The van der Waals surface area contributed by atoms with E-state index in [0.717, 1.165) is 28.8 Å². The van der Waals surface area contributed by atoms with E-state index in [1.54, 1.807) is 6.08 Å². The Labute approximate surface area is 129 Å². The molecule has 0 atom stereocenters. The third-order valence-corrected chi connectivity index (χ3v) is 3.08. The van der Waals surface area contributed by atoms with Gasteiger partial charge in [0, 0.05) is 24.4 Å². The highest BCUT2D eigenvalue weighted by atomic mass is 16.6. The molecule has 114 valence electrons. The van der Waals surface area contributed by atoms with E-state index in [1.165, 1.54) is 0 Å². The maximum absolute atomic E-state index is 5.58. The van der Waals surface area contributed by atoms with Crippen molar-refractivity contribution in [3.8, 4) is 11.5 Å². The van der Waals surface area contributed by atoms with Crippen LogP contribution in [0.4, 0.5) is 17.3 Å². The first-order valence-electron chi connectivity index (χ1n) is 7.12. The van der Waals surface area contributed by atoms with Gasteiger partial charge in [-0.15, -0.1) is 6.58 Å². The van der Waals surface area contributed by atoms with Gasteiger partial charge in [-0.1, -0.05) is 6.08 Å². The van der Waals surface area contributed by atoms with E-state index in [9.17, 15) is 0 Å². The number of rotatable bonds is 5. The molecular formula is C16H18N4O2. The minimum Gasteiger partial charge on any atom is -0.486 e. The van der Waals surface area contributed by atoms with Crippen molar-refractivity contribution >= 4 is 17.3 Å².